The molecule has 0 radical (unpaired) electrons. The van der Waals surface area contributed by atoms with Gasteiger partial charge in [0.1, 0.15) is 11.0 Å². The summed E-state index contributed by atoms with van der Waals surface area (Å²) < 4.78 is 0. The normalized spacial score (nSPS) is 16.0. The number of benzene rings is 2. The van der Waals surface area contributed by atoms with Gasteiger partial charge in [-0.25, -0.2) is 4.98 Å². The molecule has 0 bridgehead atoms. The number of anilines is 1. The standard InChI is InChI=1S/C26H20N2O3S2/c1-15-9-6-7-12-18(15)28-21(19-13-8-14-32-19)20(23(30)26(28)31)22(29)24-16(2)27-25(33-24)17-10-4-3-5-11-17/h3-14,21,30H,1-2H3. The van der Waals surface area contributed by atoms with Crippen molar-refractivity contribution in [3.63, 3.8) is 0 Å². The van der Waals surface area contributed by atoms with Gasteiger partial charge in [0.05, 0.1) is 16.1 Å². The minimum absolute atomic E-state index is 0.0945. The summed E-state index contributed by atoms with van der Waals surface area (Å²) in [5.74, 6) is -1.44. The quantitative estimate of drug-likeness (QED) is 0.348. The highest BCUT2D eigenvalue weighted by molar-refractivity contribution is 7.17. The Morgan fingerprint density at radius 2 is 1.73 bits per heavy atom. The summed E-state index contributed by atoms with van der Waals surface area (Å²) in [4.78, 5) is 34.5. The summed E-state index contributed by atoms with van der Waals surface area (Å²) in [6.07, 6.45) is 0. The second-order valence-electron chi connectivity index (χ2n) is 7.77. The van der Waals surface area contributed by atoms with Crippen molar-refractivity contribution in [3.8, 4) is 10.6 Å². The van der Waals surface area contributed by atoms with Crippen LogP contribution in [0.4, 0.5) is 5.69 Å². The molecule has 5 nitrogen and oxygen atoms in total. The van der Waals surface area contributed by atoms with E-state index in [1.807, 2.05) is 79.0 Å². The van der Waals surface area contributed by atoms with Crippen LogP contribution in [0.3, 0.4) is 0 Å². The van der Waals surface area contributed by atoms with E-state index >= 15 is 0 Å². The molecular formula is C26H20N2O3S2. The van der Waals surface area contributed by atoms with Gasteiger partial charge in [0.2, 0.25) is 5.78 Å². The third kappa shape index (κ3) is 3.59. The molecule has 1 atom stereocenters. The van der Waals surface area contributed by atoms with E-state index in [1.165, 1.54) is 27.6 Å². The first-order chi connectivity index (χ1) is 16.0. The van der Waals surface area contributed by atoms with Crippen LogP contribution in [0.25, 0.3) is 10.6 Å². The Hall–Kier alpha value is -3.55. The van der Waals surface area contributed by atoms with Crippen molar-refractivity contribution < 1.29 is 14.7 Å². The molecule has 1 N–H and O–H groups in total. The van der Waals surface area contributed by atoms with Gasteiger partial charge in [-0.15, -0.1) is 22.7 Å². The van der Waals surface area contributed by atoms with Crippen LogP contribution < -0.4 is 4.90 Å². The van der Waals surface area contributed by atoms with Gasteiger partial charge in [0.25, 0.3) is 5.91 Å². The van der Waals surface area contributed by atoms with Gasteiger partial charge in [-0.05, 0) is 36.9 Å². The van der Waals surface area contributed by atoms with Crippen LogP contribution in [0.2, 0.25) is 0 Å². The number of para-hydroxylation sites is 1. The number of thiazole rings is 1. The van der Waals surface area contributed by atoms with Gasteiger partial charge >= 0.3 is 0 Å². The van der Waals surface area contributed by atoms with Crippen molar-refractivity contribution in [1.29, 1.82) is 0 Å². The molecule has 3 heterocycles. The number of carbonyl (C=O) groups excluding carboxylic acids is 2. The zero-order chi connectivity index (χ0) is 23.1. The fraction of sp³-hybridized carbons (Fsp3) is 0.115. The number of ketones is 1. The average Bonchev–Trinajstić information content (AvgIpc) is 3.54. The summed E-state index contributed by atoms with van der Waals surface area (Å²) in [5.41, 5.74) is 3.14. The minimum atomic E-state index is -0.701. The molecule has 0 aliphatic carbocycles. The van der Waals surface area contributed by atoms with Crippen molar-refractivity contribution >= 4 is 40.1 Å². The maximum absolute atomic E-state index is 13.8. The first kappa shape index (κ1) is 21.3. The van der Waals surface area contributed by atoms with Crippen LogP contribution in [-0.2, 0) is 4.79 Å². The summed E-state index contributed by atoms with van der Waals surface area (Å²) in [6, 6.07) is 20.2. The highest BCUT2D eigenvalue weighted by Gasteiger charge is 2.46. The second kappa shape index (κ2) is 8.42. The smallest absolute Gasteiger partial charge is 0.294 e. The number of carbonyl (C=O) groups is 2. The highest BCUT2D eigenvalue weighted by Crippen LogP contribution is 2.45. The lowest BCUT2D eigenvalue weighted by Crippen LogP contribution is -2.31. The van der Waals surface area contributed by atoms with Crippen LogP contribution >= 0.6 is 22.7 Å². The molecule has 1 amide bonds. The Morgan fingerprint density at radius 3 is 2.42 bits per heavy atom. The Bertz CT molecular complexity index is 1390. The van der Waals surface area contributed by atoms with Crippen LogP contribution in [0.1, 0.15) is 31.8 Å². The third-order valence-corrected chi connectivity index (χ3v) is 7.79. The van der Waals surface area contributed by atoms with Crippen LogP contribution in [0, 0.1) is 13.8 Å². The number of rotatable bonds is 5. The van der Waals surface area contributed by atoms with E-state index in [1.54, 1.807) is 6.92 Å². The topological polar surface area (TPSA) is 70.5 Å². The predicted molar refractivity (Wildman–Crippen MR) is 132 cm³/mol. The molecule has 0 saturated heterocycles. The minimum Gasteiger partial charge on any atom is -0.503 e. The van der Waals surface area contributed by atoms with Crippen molar-refractivity contribution in [1.82, 2.24) is 4.98 Å². The van der Waals surface area contributed by atoms with E-state index in [0.717, 1.165) is 21.0 Å². The Kier molecular flexibility index (Phi) is 5.44. The number of aliphatic hydroxyl groups excluding tert-OH is 1. The lowest BCUT2D eigenvalue weighted by atomic mass is 9.99. The number of nitrogens with zero attached hydrogens (tertiary/aromatic N) is 2. The third-order valence-electron chi connectivity index (χ3n) is 5.66. The van der Waals surface area contributed by atoms with Gasteiger partial charge < -0.3 is 5.11 Å². The molecule has 0 spiro atoms. The van der Waals surface area contributed by atoms with Crippen molar-refractivity contribution in [2.45, 2.75) is 19.9 Å². The molecule has 4 aromatic rings. The van der Waals surface area contributed by atoms with E-state index in [0.29, 0.717) is 16.3 Å². The molecule has 164 valence electrons. The predicted octanol–water partition coefficient (Wildman–Crippen LogP) is 6.27. The monoisotopic (exact) mass is 472 g/mol. The van der Waals surface area contributed by atoms with Crippen LogP contribution in [0.5, 0.6) is 0 Å². The average molecular weight is 473 g/mol. The summed E-state index contributed by atoms with van der Waals surface area (Å²) in [6.45, 7) is 3.69. The number of hydrogen-bond donors (Lipinski definition) is 1. The molecule has 1 unspecified atom stereocenters. The molecule has 5 rings (SSSR count). The van der Waals surface area contributed by atoms with Gasteiger partial charge in [0, 0.05) is 16.1 Å². The molecule has 2 aromatic carbocycles. The van der Waals surface area contributed by atoms with E-state index in [9.17, 15) is 14.7 Å². The molecule has 2 aromatic heterocycles. The van der Waals surface area contributed by atoms with Gasteiger partial charge in [-0.1, -0.05) is 54.6 Å². The van der Waals surface area contributed by atoms with Crippen LogP contribution in [-0.4, -0.2) is 21.8 Å². The second-order valence-corrected chi connectivity index (χ2v) is 9.75. The van der Waals surface area contributed by atoms with Gasteiger partial charge in [-0.2, -0.15) is 0 Å². The first-order valence-electron chi connectivity index (χ1n) is 10.4. The summed E-state index contributed by atoms with van der Waals surface area (Å²) >= 11 is 2.73. The molecule has 0 fully saturated rings. The number of Topliss-reactive ketones (excluding diaryl/α,β-unsaturated/α-hetero) is 1. The molecule has 1 aliphatic heterocycles. The van der Waals surface area contributed by atoms with E-state index in [2.05, 4.69) is 4.98 Å². The van der Waals surface area contributed by atoms with Gasteiger partial charge in [-0.3, -0.25) is 14.5 Å². The number of aliphatic hydroxyl groups is 1. The largest absolute Gasteiger partial charge is 0.503 e. The molecule has 33 heavy (non-hydrogen) atoms. The van der Waals surface area contributed by atoms with Crippen molar-refractivity contribution in [2.24, 2.45) is 0 Å². The summed E-state index contributed by atoms with van der Waals surface area (Å²) in [7, 11) is 0. The zero-order valence-corrected chi connectivity index (χ0v) is 19.6. The van der Waals surface area contributed by atoms with E-state index < -0.39 is 17.7 Å². The van der Waals surface area contributed by atoms with E-state index in [4.69, 9.17) is 0 Å². The fourth-order valence-electron chi connectivity index (χ4n) is 4.07. The molecule has 0 saturated carbocycles. The maximum Gasteiger partial charge on any atom is 0.294 e. The SMILES string of the molecule is Cc1ccccc1N1C(=O)C(O)=C(C(=O)c2sc(-c3ccccc3)nc2C)C1c1cccs1. The molecule has 1 aliphatic rings. The number of amides is 1. The zero-order valence-electron chi connectivity index (χ0n) is 18.0. The summed E-state index contributed by atoms with van der Waals surface area (Å²) in [5, 5.41) is 13.6. The fourth-order valence-corrected chi connectivity index (χ4v) is 5.92. The Labute approximate surface area is 199 Å². The Morgan fingerprint density at radius 1 is 1.00 bits per heavy atom. The molecule has 7 heteroatoms. The van der Waals surface area contributed by atoms with Gasteiger partial charge in [0.15, 0.2) is 5.76 Å². The number of thiophene rings is 1. The first-order valence-corrected chi connectivity index (χ1v) is 12.1. The lowest BCUT2D eigenvalue weighted by Gasteiger charge is -2.27. The highest BCUT2D eigenvalue weighted by atomic mass is 32.1. The van der Waals surface area contributed by atoms with Crippen LogP contribution in [0.15, 0.2) is 83.4 Å². The van der Waals surface area contributed by atoms with E-state index in [-0.39, 0.29) is 11.4 Å². The van der Waals surface area contributed by atoms with Crippen molar-refractivity contribution in [3.05, 3.63) is 104 Å². The number of aromatic nitrogens is 1. The number of aryl methyl sites for hydroxylation is 2. The number of hydrogen-bond acceptors (Lipinski definition) is 6. The molecular weight excluding hydrogens is 452 g/mol. The van der Waals surface area contributed by atoms with Crippen molar-refractivity contribution in [2.75, 3.05) is 4.90 Å². The Balaban J connectivity index is 1.62. The maximum atomic E-state index is 13.8. The lowest BCUT2D eigenvalue weighted by molar-refractivity contribution is -0.117.